The van der Waals surface area contributed by atoms with Gasteiger partial charge in [0.2, 0.25) is 5.91 Å². The smallest absolute Gasteiger partial charge is 0.223 e. The molecule has 2 N–H and O–H groups in total. The summed E-state index contributed by atoms with van der Waals surface area (Å²) in [6.07, 6.45) is 1.76. The zero-order valence-electron chi connectivity index (χ0n) is 22.1. The molecule has 3 heterocycles. The SMILES string of the molecule is CN1CCN(C(=O)C[C@@H](c2ccc3ncccc3c2)c2c(O)cc(O)c3c(=O)cc(-c4ccccc4)oc23)CC1. The third kappa shape index (κ3) is 4.78. The summed E-state index contributed by atoms with van der Waals surface area (Å²) in [5.74, 6) is -1.05. The van der Waals surface area contributed by atoms with Gasteiger partial charge in [-0.05, 0) is 30.8 Å². The Hall–Kier alpha value is -4.69. The summed E-state index contributed by atoms with van der Waals surface area (Å²) in [7, 11) is 2.03. The summed E-state index contributed by atoms with van der Waals surface area (Å²) >= 11 is 0. The molecule has 1 saturated heterocycles. The number of benzene rings is 3. The molecule has 0 radical (unpaired) electrons. The highest BCUT2D eigenvalue weighted by molar-refractivity contribution is 5.91. The van der Waals surface area contributed by atoms with Gasteiger partial charge in [-0.1, -0.05) is 42.5 Å². The first-order valence-electron chi connectivity index (χ1n) is 13.3. The van der Waals surface area contributed by atoms with Crippen LogP contribution in [0.3, 0.4) is 0 Å². The van der Waals surface area contributed by atoms with Crippen molar-refractivity contribution in [2.75, 3.05) is 33.2 Å². The van der Waals surface area contributed by atoms with Crippen LogP contribution >= 0.6 is 0 Å². The van der Waals surface area contributed by atoms with Crippen LogP contribution in [0.25, 0.3) is 33.2 Å². The Bertz CT molecular complexity index is 1780. The quantitative estimate of drug-likeness (QED) is 0.336. The van der Waals surface area contributed by atoms with E-state index in [-0.39, 0.29) is 40.4 Å². The highest BCUT2D eigenvalue weighted by atomic mass is 16.3. The van der Waals surface area contributed by atoms with E-state index in [0.29, 0.717) is 24.4 Å². The van der Waals surface area contributed by atoms with Crippen molar-refractivity contribution in [1.29, 1.82) is 0 Å². The molecule has 5 aromatic rings. The first-order valence-corrected chi connectivity index (χ1v) is 13.3. The molecule has 1 atom stereocenters. The fraction of sp³-hybridized carbons (Fsp3) is 0.219. The molecule has 1 fully saturated rings. The van der Waals surface area contributed by atoms with E-state index in [4.69, 9.17) is 4.42 Å². The van der Waals surface area contributed by atoms with Gasteiger partial charge in [0, 0.05) is 73.4 Å². The number of likely N-dealkylation sites (N-methyl/N-ethyl adjacent to an activating group) is 1. The van der Waals surface area contributed by atoms with Gasteiger partial charge in [0.15, 0.2) is 5.43 Å². The fourth-order valence-electron chi connectivity index (χ4n) is 5.46. The van der Waals surface area contributed by atoms with E-state index >= 15 is 0 Å². The number of pyridine rings is 1. The predicted molar refractivity (Wildman–Crippen MR) is 154 cm³/mol. The Morgan fingerprint density at radius 3 is 2.50 bits per heavy atom. The maximum Gasteiger partial charge on any atom is 0.223 e. The van der Waals surface area contributed by atoms with Gasteiger partial charge in [0.05, 0.1) is 5.52 Å². The van der Waals surface area contributed by atoms with Crippen LogP contribution in [0.4, 0.5) is 0 Å². The van der Waals surface area contributed by atoms with E-state index in [1.54, 1.807) is 6.20 Å². The van der Waals surface area contributed by atoms with Gasteiger partial charge >= 0.3 is 0 Å². The van der Waals surface area contributed by atoms with Crippen LogP contribution in [0, 0.1) is 0 Å². The predicted octanol–water partition coefficient (Wildman–Crippen LogP) is 4.72. The molecule has 0 unspecified atom stereocenters. The van der Waals surface area contributed by atoms with Gasteiger partial charge in [0.25, 0.3) is 0 Å². The lowest BCUT2D eigenvalue weighted by Gasteiger charge is -2.33. The summed E-state index contributed by atoms with van der Waals surface area (Å²) in [5.41, 5.74) is 2.15. The highest BCUT2D eigenvalue weighted by Gasteiger charge is 2.30. The molecule has 6 rings (SSSR count). The summed E-state index contributed by atoms with van der Waals surface area (Å²) in [5, 5.41) is 22.8. The van der Waals surface area contributed by atoms with Gasteiger partial charge < -0.3 is 24.4 Å². The molecule has 40 heavy (non-hydrogen) atoms. The van der Waals surface area contributed by atoms with E-state index in [1.807, 2.05) is 72.6 Å². The third-order valence-electron chi connectivity index (χ3n) is 7.67. The number of aromatic nitrogens is 1. The van der Waals surface area contributed by atoms with Crippen molar-refractivity contribution in [2.45, 2.75) is 12.3 Å². The van der Waals surface area contributed by atoms with Crippen LogP contribution in [0.15, 0.2) is 88.2 Å². The number of fused-ring (bicyclic) bond motifs is 2. The van der Waals surface area contributed by atoms with Gasteiger partial charge in [0.1, 0.15) is 28.2 Å². The largest absolute Gasteiger partial charge is 0.507 e. The lowest BCUT2D eigenvalue weighted by atomic mass is 9.85. The number of amides is 1. The van der Waals surface area contributed by atoms with Crippen molar-refractivity contribution in [3.05, 3.63) is 100 Å². The normalized spacial score (nSPS) is 15.0. The second kappa shape index (κ2) is 10.5. The third-order valence-corrected chi connectivity index (χ3v) is 7.67. The monoisotopic (exact) mass is 535 g/mol. The molecule has 1 aliphatic rings. The number of piperazine rings is 1. The number of carbonyl (C=O) groups is 1. The van der Waals surface area contributed by atoms with Crippen LogP contribution in [-0.4, -0.2) is 64.1 Å². The van der Waals surface area contributed by atoms with Gasteiger partial charge in [-0.2, -0.15) is 0 Å². The first-order chi connectivity index (χ1) is 19.4. The number of hydrogen-bond donors (Lipinski definition) is 2. The van der Waals surface area contributed by atoms with Crippen LogP contribution in [-0.2, 0) is 4.79 Å². The molecule has 0 aliphatic carbocycles. The average Bonchev–Trinajstić information content (AvgIpc) is 2.96. The summed E-state index contributed by atoms with van der Waals surface area (Å²) in [6.45, 7) is 2.78. The molecule has 8 heteroatoms. The Morgan fingerprint density at radius 2 is 1.73 bits per heavy atom. The molecule has 0 bridgehead atoms. The zero-order valence-corrected chi connectivity index (χ0v) is 22.1. The lowest BCUT2D eigenvalue weighted by molar-refractivity contribution is -0.133. The number of carbonyl (C=O) groups excluding carboxylic acids is 1. The molecule has 202 valence electrons. The zero-order chi connectivity index (χ0) is 27.8. The van der Waals surface area contributed by atoms with Crippen molar-refractivity contribution < 1.29 is 19.4 Å². The van der Waals surface area contributed by atoms with Crippen molar-refractivity contribution >= 4 is 27.8 Å². The van der Waals surface area contributed by atoms with E-state index in [2.05, 4.69) is 9.88 Å². The second-order valence-corrected chi connectivity index (χ2v) is 10.3. The summed E-state index contributed by atoms with van der Waals surface area (Å²) in [6, 6.07) is 21.1. The summed E-state index contributed by atoms with van der Waals surface area (Å²) in [4.78, 5) is 35.4. The van der Waals surface area contributed by atoms with Crippen molar-refractivity contribution in [2.24, 2.45) is 0 Å². The van der Waals surface area contributed by atoms with E-state index in [9.17, 15) is 19.8 Å². The molecule has 3 aromatic carbocycles. The second-order valence-electron chi connectivity index (χ2n) is 10.3. The standard InChI is InChI=1S/C32H29N3O5/c1-34-12-14-35(15-13-34)29(39)17-23(21-9-10-24-22(16-21)8-5-11-33-24)30-25(36)18-26(37)31-27(38)19-28(40-32(30)31)20-6-3-2-4-7-20/h2-11,16,18-19,23,36-37H,12-15,17H2,1H3/t23-/m0/s1. The maximum absolute atomic E-state index is 13.7. The molecule has 2 aromatic heterocycles. The molecular weight excluding hydrogens is 506 g/mol. The van der Waals surface area contributed by atoms with Gasteiger partial charge in [-0.3, -0.25) is 14.6 Å². The lowest BCUT2D eigenvalue weighted by Crippen LogP contribution is -2.47. The van der Waals surface area contributed by atoms with Crippen molar-refractivity contribution in [1.82, 2.24) is 14.8 Å². The molecule has 1 amide bonds. The fourth-order valence-corrected chi connectivity index (χ4v) is 5.46. The number of nitrogens with zero attached hydrogens (tertiary/aromatic N) is 3. The van der Waals surface area contributed by atoms with Crippen molar-refractivity contribution in [3.8, 4) is 22.8 Å². The van der Waals surface area contributed by atoms with Crippen LogP contribution in [0.2, 0.25) is 0 Å². The summed E-state index contributed by atoms with van der Waals surface area (Å²) < 4.78 is 6.29. The van der Waals surface area contributed by atoms with Crippen LogP contribution in [0.5, 0.6) is 11.5 Å². The van der Waals surface area contributed by atoms with Crippen molar-refractivity contribution in [3.63, 3.8) is 0 Å². The number of aromatic hydroxyl groups is 2. The molecule has 8 nitrogen and oxygen atoms in total. The van der Waals surface area contributed by atoms with E-state index in [1.165, 1.54) is 6.07 Å². The van der Waals surface area contributed by atoms with Crippen LogP contribution < -0.4 is 5.43 Å². The van der Waals surface area contributed by atoms with E-state index < -0.39 is 11.3 Å². The maximum atomic E-state index is 13.7. The molecule has 0 spiro atoms. The Morgan fingerprint density at radius 1 is 0.950 bits per heavy atom. The molecule has 1 aliphatic heterocycles. The van der Waals surface area contributed by atoms with Gasteiger partial charge in [-0.15, -0.1) is 0 Å². The minimum absolute atomic E-state index is 0.0352. The number of phenolic OH excluding ortho intramolecular Hbond substituents is 2. The first kappa shape index (κ1) is 25.6. The Balaban J connectivity index is 1.56. The minimum Gasteiger partial charge on any atom is -0.507 e. The Labute approximate surface area is 230 Å². The number of phenols is 2. The number of rotatable bonds is 5. The number of hydrogen-bond acceptors (Lipinski definition) is 7. The average molecular weight is 536 g/mol. The Kier molecular flexibility index (Phi) is 6.69. The van der Waals surface area contributed by atoms with Crippen LogP contribution in [0.1, 0.15) is 23.5 Å². The minimum atomic E-state index is -0.658. The molecule has 0 saturated carbocycles. The van der Waals surface area contributed by atoms with E-state index in [0.717, 1.165) is 35.6 Å². The highest BCUT2D eigenvalue weighted by Crippen LogP contribution is 2.43. The van der Waals surface area contributed by atoms with Gasteiger partial charge in [-0.25, -0.2) is 0 Å². The molecular formula is C32H29N3O5. The topological polar surface area (TPSA) is 107 Å².